The molecule has 4 heteroatoms. The number of hydrogen-bond donors (Lipinski definition) is 1. The van der Waals surface area contributed by atoms with Crippen LogP contribution in [-0.2, 0) is 12.8 Å². The molecule has 20 heavy (non-hydrogen) atoms. The smallest absolute Gasteiger partial charge is 0.129 e. The number of benzene rings is 2. The Morgan fingerprint density at radius 3 is 2.15 bits per heavy atom. The Kier molecular flexibility index (Phi) is 4.14. The maximum Gasteiger partial charge on any atom is 0.129 e. The summed E-state index contributed by atoms with van der Waals surface area (Å²) in [5.74, 6) is -1.57. The zero-order valence-electron chi connectivity index (χ0n) is 11.2. The maximum atomic E-state index is 13.6. The molecule has 0 radical (unpaired) electrons. The molecule has 0 bridgehead atoms. The van der Waals surface area contributed by atoms with Crippen LogP contribution in [0.1, 0.15) is 18.1 Å². The molecule has 1 unspecified atom stereocenters. The minimum absolute atomic E-state index is 0.0334. The molecular formula is C16H16F3N. The molecule has 106 valence electrons. The molecule has 2 rings (SSSR count). The lowest BCUT2D eigenvalue weighted by molar-refractivity contribution is 0.435. The molecule has 0 saturated heterocycles. The number of nitrogens with two attached hydrogens (primary N) is 1. The van der Waals surface area contributed by atoms with Gasteiger partial charge in [-0.15, -0.1) is 0 Å². The van der Waals surface area contributed by atoms with E-state index in [1.807, 2.05) is 0 Å². The van der Waals surface area contributed by atoms with Crippen LogP contribution >= 0.6 is 0 Å². The first-order chi connectivity index (χ1) is 9.37. The lowest BCUT2D eigenvalue weighted by atomic mass is 9.87. The van der Waals surface area contributed by atoms with Gasteiger partial charge in [0.15, 0.2) is 0 Å². The Morgan fingerprint density at radius 1 is 0.950 bits per heavy atom. The van der Waals surface area contributed by atoms with Crippen LogP contribution in [0.4, 0.5) is 13.2 Å². The summed E-state index contributed by atoms with van der Waals surface area (Å²) in [6, 6.07) is 9.77. The molecule has 2 aromatic rings. The van der Waals surface area contributed by atoms with E-state index in [0.29, 0.717) is 12.0 Å². The highest BCUT2D eigenvalue weighted by Gasteiger charge is 2.23. The van der Waals surface area contributed by atoms with E-state index in [4.69, 9.17) is 5.73 Å². The summed E-state index contributed by atoms with van der Waals surface area (Å²) in [5, 5.41) is 0. The summed E-state index contributed by atoms with van der Waals surface area (Å²) >= 11 is 0. The van der Waals surface area contributed by atoms with E-state index in [-0.39, 0.29) is 17.8 Å². The molecule has 0 saturated carbocycles. The van der Waals surface area contributed by atoms with E-state index in [1.54, 1.807) is 19.1 Å². The normalized spacial score (nSPS) is 14.1. The van der Waals surface area contributed by atoms with Gasteiger partial charge in [-0.2, -0.15) is 0 Å². The SMILES string of the molecule is CC(N)(Cc1cccc(F)c1)Cc1c(F)cccc1F. The molecule has 0 aliphatic rings. The van der Waals surface area contributed by atoms with Crippen molar-refractivity contribution in [3.8, 4) is 0 Å². The predicted octanol–water partition coefficient (Wildman–Crippen LogP) is 3.61. The summed E-state index contributed by atoms with van der Waals surface area (Å²) in [6.07, 6.45) is 0.376. The van der Waals surface area contributed by atoms with Gasteiger partial charge in [0, 0.05) is 11.1 Å². The van der Waals surface area contributed by atoms with Gasteiger partial charge >= 0.3 is 0 Å². The molecule has 0 heterocycles. The summed E-state index contributed by atoms with van der Waals surface area (Å²) in [5.41, 5.74) is 5.92. The van der Waals surface area contributed by atoms with Gasteiger partial charge in [0.05, 0.1) is 0 Å². The topological polar surface area (TPSA) is 26.0 Å². The molecular weight excluding hydrogens is 263 g/mol. The average Bonchev–Trinajstić information content (AvgIpc) is 2.33. The monoisotopic (exact) mass is 279 g/mol. The number of rotatable bonds is 4. The van der Waals surface area contributed by atoms with Gasteiger partial charge in [0.25, 0.3) is 0 Å². The fourth-order valence-electron chi connectivity index (χ4n) is 2.28. The van der Waals surface area contributed by atoms with Crippen LogP contribution in [0, 0.1) is 17.5 Å². The van der Waals surface area contributed by atoms with Gasteiger partial charge in [-0.1, -0.05) is 18.2 Å². The van der Waals surface area contributed by atoms with Gasteiger partial charge < -0.3 is 5.73 Å². The van der Waals surface area contributed by atoms with Crippen molar-refractivity contribution in [2.24, 2.45) is 5.73 Å². The lowest BCUT2D eigenvalue weighted by Gasteiger charge is -2.25. The van der Waals surface area contributed by atoms with Crippen molar-refractivity contribution in [2.45, 2.75) is 25.3 Å². The molecule has 0 spiro atoms. The molecule has 0 fully saturated rings. The molecule has 0 aliphatic carbocycles. The second kappa shape index (κ2) is 5.67. The van der Waals surface area contributed by atoms with E-state index < -0.39 is 17.2 Å². The minimum Gasteiger partial charge on any atom is -0.325 e. The van der Waals surface area contributed by atoms with Gasteiger partial charge in [0.2, 0.25) is 0 Å². The van der Waals surface area contributed by atoms with Crippen molar-refractivity contribution < 1.29 is 13.2 Å². The summed E-state index contributed by atoms with van der Waals surface area (Å²) in [6.45, 7) is 1.70. The molecule has 0 aromatic heterocycles. The third kappa shape index (κ3) is 3.61. The Hall–Kier alpha value is -1.81. The van der Waals surface area contributed by atoms with E-state index >= 15 is 0 Å². The molecule has 1 atom stereocenters. The van der Waals surface area contributed by atoms with Crippen molar-refractivity contribution in [3.63, 3.8) is 0 Å². The first kappa shape index (κ1) is 14.6. The van der Waals surface area contributed by atoms with Gasteiger partial charge in [-0.3, -0.25) is 0 Å². The van der Waals surface area contributed by atoms with Gasteiger partial charge in [-0.25, -0.2) is 13.2 Å². The Bertz CT molecular complexity index is 588. The lowest BCUT2D eigenvalue weighted by Crippen LogP contribution is -2.41. The third-order valence-electron chi connectivity index (χ3n) is 3.14. The van der Waals surface area contributed by atoms with E-state index in [0.717, 1.165) is 0 Å². The molecule has 2 N–H and O–H groups in total. The molecule has 0 amide bonds. The van der Waals surface area contributed by atoms with Crippen molar-refractivity contribution in [1.29, 1.82) is 0 Å². The van der Waals surface area contributed by atoms with Crippen LogP contribution in [0.25, 0.3) is 0 Å². The van der Waals surface area contributed by atoms with Crippen molar-refractivity contribution in [3.05, 3.63) is 71.0 Å². The largest absolute Gasteiger partial charge is 0.325 e. The fraction of sp³-hybridized carbons (Fsp3) is 0.250. The van der Waals surface area contributed by atoms with Crippen LogP contribution < -0.4 is 5.73 Å². The van der Waals surface area contributed by atoms with Crippen molar-refractivity contribution in [1.82, 2.24) is 0 Å². The Morgan fingerprint density at radius 2 is 1.55 bits per heavy atom. The fourth-order valence-corrected chi connectivity index (χ4v) is 2.28. The van der Waals surface area contributed by atoms with E-state index in [2.05, 4.69) is 0 Å². The Balaban J connectivity index is 2.19. The molecule has 2 aromatic carbocycles. The van der Waals surface area contributed by atoms with Gasteiger partial charge in [0.1, 0.15) is 17.5 Å². The third-order valence-corrected chi connectivity index (χ3v) is 3.14. The second-order valence-corrected chi connectivity index (χ2v) is 5.34. The van der Waals surface area contributed by atoms with Crippen molar-refractivity contribution in [2.75, 3.05) is 0 Å². The summed E-state index contributed by atoms with van der Waals surface area (Å²) in [4.78, 5) is 0. The van der Waals surface area contributed by atoms with Crippen LogP contribution in [0.15, 0.2) is 42.5 Å². The zero-order valence-corrected chi connectivity index (χ0v) is 11.2. The number of halogens is 3. The average molecular weight is 279 g/mol. The number of hydrogen-bond acceptors (Lipinski definition) is 1. The van der Waals surface area contributed by atoms with Crippen LogP contribution in [0.3, 0.4) is 0 Å². The molecule has 1 nitrogen and oxygen atoms in total. The first-order valence-electron chi connectivity index (χ1n) is 6.34. The predicted molar refractivity (Wildman–Crippen MR) is 72.8 cm³/mol. The second-order valence-electron chi connectivity index (χ2n) is 5.34. The minimum atomic E-state index is -0.864. The van der Waals surface area contributed by atoms with Crippen LogP contribution in [0.2, 0.25) is 0 Å². The molecule has 0 aliphatic heterocycles. The first-order valence-corrected chi connectivity index (χ1v) is 6.34. The maximum absolute atomic E-state index is 13.6. The quantitative estimate of drug-likeness (QED) is 0.909. The zero-order chi connectivity index (χ0) is 14.8. The summed E-state index contributed by atoms with van der Waals surface area (Å²) < 4.78 is 40.4. The Labute approximate surface area is 116 Å². The highest BCUT2D eigenvalue weighted by molar-refractivity contribution is 5.24. The van der Waals surface area contributed by atoms with Crippen molar-refractivity contribution >= 4 is 0 Å². The highest BCUT2D eigenvalue weighted by atomic mass is 19.1. The van der Waals surface area contributed by atoms with E-state index in [1.165, 1.54) is 30.3 Å². The van der Waals surface area contributed by atoms with Crippen LogP contribution in [0.5, 0.6) is 0 Å². The van der Waals surface area contributed by atoms with E-state index in [9.17, 15) is 13.2 Å². The summed E-state index contributed by atoms with van der Waals surface area (Å²) in [7, 11) is 0. The van der Waals surface area contributed by atoms with Gasteiger partial charge in [-0.05, 0) is 49.6 Å². The standard InChI is InChI=1S/C16H16F3N/c1-16(20,9-11-4-2-5-12(17)8-11)10-13-14(18)6-3-7-15(13)19/h2-8H,9-10,20H2,1H3. The van der Waals surface area contributed by atoms with Crippen LogP contribution in [-0.4, -0.2) is 5.54 Å². The highest BCUT2D eigenvalue weighted by Crippen LogP contribution is 2.21.